The maximum atomic E-state index is 13.7. The lowest BCUT2D eigenvalue weighted by Crippen LogP contribution is -2.36. The van der Waals surface area contributed by atoms with Crippen LogP contribution in [0.5, 0.6) is 0 Å². The molecule has 4 aromatic rings. The Morgan fingerprint density at radius 3 is 2.36 bits per heavy atom. The fourth-order valence-corrected chi connectivity index (χ4v) is 4.61. The van der Waals surface area contributed by atoms with E-state index in [0.29, 0.717) is 36.2 Å². The van der Waals surface area contributed by atoms with E-state index in [2.05, 4.69) is 11.1 Å². The zero-order valence-electron chi connectivity index (χ0n) is 20.5. The van der Waals surface area contributed by atoms with Crippen LogP contribution in [0, 0.1) is 11.3 Å². The molecule has 0 aliphatic carbocycles. The molecule has 8 heteroatoms. The van der Waals surface area contributed by atoms with Gasteiger partial charge in [0.25, 0.3) is 0 Å². The molecule has 0 spiro atoms. The quantitative estimate of drug-likeness (QED) is 0.415. The van der Waals surface area contributed by atoms with Gasteiger partial charge < -0.3 is 9.64 Å². The van der Waals surface area contributed by atoms with E-state index < -0.39 is 5.60 Å². The first-order valence-corrected chi connectivity index (χ1v) is 11.9. The van der Waals surface area contributed by atoms with Crippen molar-refractivity contribution in [3.8, 4) is 22.9 Å². The van der Waals surface area contributed by atoms with Crippen LogP contribution in [0.4, 0.5) is 4.79 Å². The molecule has 2 aromatic heterocycles. The summed E-state index contributed by atoms with van der Waals surface area (Å²) < 4.78 is 8.89. The number of rotatable bonds is 3. The van der Waals surface area contributed by atoms with Gasteiger partial charge in [-0.3, -0.25) is 9.13 Å². The minimum Gasteiger partial charge on any atom is -0.444 e. The van der Waals surface area contributed by atoms with Crippen LogP contribution in [-0.2, 0) is 4.74 Å². The highest BCUT2D eigenvalue weighted by molar-refractivity contribution is 5.75. The zero-order valence-corrected chi connectivity index (χ0v) is 20.5. The van der Waals surface area contributed by atoms with Crippen molar-refractivity contribution < 1.29 is 9.53 Å². The summed E-state index contributed by atoms with van der Waals surface area (Å²) in [4.78, 5) is 32.5. The minimum atomic E-state index is -0.576. The van der Waals surface area contributed by atoms with Crippen molar-refractivity contribution in [2.45, 2.75) is 38.8 Å². The summed E-state index contributed by atoms with van der Waals surface area (Å²) >= 11 is 0. The van der Waals surface area contributed by atoms with Gasteiger partial charge in [0.05, 0.1) is 28.9 Å². The molecule has 3 heterocycles. The van der Waals surface area contributed by atoms with Gasteiger partial charge in [-0.15, -0.1) is 0 Å². The number of likely N-dealkylation sites (tertiary alicyclic amines) is 1. The molecule has 1 fully saturated rings. The number of benzene rings is 2. The Morgan fingerprint density at radius 2 is 1.72 bits per heavy atom. The highest BCUT2D eigenvalue weighted by Gasteiger charge is 2.33. The molecule has 0 N–H and O–H groups in total. The second-order valence-corrected chi connectivity index (χ2v) is 9.94. The SMILES string of the molecule is CC(C)(C)OC(=O)N1CC[C@H](n2c(=O)n(-c3ccc(-c4ccc(C#N)cc4)cc3)c3cccnc32)C1. The number of hydrogen-bond acceptors (Lipinski definition) is 5. The topological polar surface area (TPSA) is 93.1 Å². The first kappa shape index (κ1) is 23.4. The number of nitriles is 1. The number of pyridine rings is 1. The third kappa shape index (κ3) is 4.36. The lowest BCUT2D eigenvalue weighted by molar-refractivity contribution is 0.0289. The van der Waals surface area contributed by atoms with Crippen LogP contribution >= 0.6 is 0 Å². The number of ether oxygens (including phenoxy) is 1. The predicted octanol–water partition coefficient (Wildman–Crippen LogP) is 4.91. The van der Waals surface area contributed by atoms with Crippen LogP contribution in [0.1, 0.15) is 38.8 Å². The Bertz CT molecular complexity index is 1520. The summed E-state index contributed by atoms with van der Waals surface area (Å²) in [5.74, 6) is 0. The monoisotopic (exact) mass is 481 g/mol. The molecule has 0 bridgehead atoms. The molecular weight excluding hydrogens is 454 g/mol. The van der Waals surface area contributed by atoms with Crippen LogP contribution in [0.3, 0.4) is 0 Å². The fraction of sp³-hybridized carbons (Fsp3) is 0.286. The molecule has 1 aliphatic heterocycles. The van der Waals surface area contributed by atoms with E-state index in [1.54, 1.807) is 32.4 Å². The molecule has 1 aliphatic rings. The van der Waals surface area contributed by atoms with Gasteiger partial charge in [0.15, 0.2) is 5.65 Å². The molecule has 182 valence electrons. The normalized spacial score (nSPS) is 15.7. The number of carbonyl (C=O) groups excluding carboxylic acids is 1. The van der Waals surface area contributed by atoms with E-state index in [4.69, 9.17) is 10.00 Å². The summed E-state index contributed by atoms with van der Waals surface area (Å²) in [6.45, 7) is 6.43. The Hall–Kier alpha value is -4.38. The number of hydrogen-bond donors (Lipinski definition) is 0. The summed E-state index contributed by atoms with van der Waals surface area (Å²) in [5, 5.41) is 9.03. The summed E-state index contributed by atoms with van der Waals surface area (Å²) in [5.41, 5.74) is 3.86. The van der Waals surface area contributed by atoms with E-state index in [1.807, 2.05) is 69.3 Å². The average molecular weight is 482 g/mol. The molecule has 2 aromatic carbocycles. The van der Waals surface area contributed by atoms with Gasteiger partial charge in [-0.05, 0) is 74.7 Å². The second kappa shape index (κ2) is 9.00. The molecule has 8 nitrogen and oxygen atoms in total. The highest BCUT2D eigenvalue weighted by Crippen LogP contribution is 2.27. The van der Waals surface area contributed by atoms with Crippen molar-refractivity contribution in [1.29, 1.82) is 5.26 Å². The molecule has 0 unspecified atom stereocenters. The van der Waals surface area contributed by atoms with Crippen molar-refractivity contribution in [2.24, 2.45) is 0 Å². The van der Waals surface area contributed by atoms with Gasteiger partial charge in [0.1, 0.15) is 5.60 Å². The molecule has 1 atom stereocenters. The van der Waals surface area contributed by atoms with Crippen LogP contribution in [0.25, 0.3) is 28.0 Å². The third-order valence-electron chi connectivity index (χ3n) is 6.29. The van der Waals surface area contributed by atoms with E-state index in [1.165, 1.54) is 0 Å². The van der Waals surface area contributed by atoms with Gasteiger partial charge in [0.2, 0.25) is 0 Å². The third-order valence-corrected chi connectivity index (χ3v) is 6.29. The Balaban J connectivity index is 1.48. The van der Waals surface area contributed by atoms with Gasteiger partial charge in [-0.2, -0.15) is 5.26 Å². The molecule has 5 rings (SSSR count). The Kier molecular flexibility index (Phi) is 5.84. The molecule has 0 saturated carbocycles. The first-order valence-electron chi connectivity index (χ1n) is 11.9. The van der Waals surface area contributed by atoms with Crippen LogP contribution < -0.4 is 5.69 Å². The number of imidazole rings is 1. The van der Waals surface area contributed by atoms with Gasteiger partial charge in [-0.25, -0.2) is 14.6 Å². The molecule has 0 radical (unpaired) electrons. The van der Waals surface area contributed by atoms with E-state index in [-0.39, 0.29) is 17.8 Å². The number of amides is 1. The van der Waals surface area contributed by atoms with Crippen molar-refractivity contribution in [1.82, 2.24) is 19.0 Å². The zero-order chi connectivity index (χ0) is 25.4. The Labute approximate surface area is 209 Å². The summed E-state index contributed by atoms with van der Waals surface area (Å²) in [6, 6.07) is 20.8. The van der Waals surface area contributed by atoms with Crippen LogP contribution in [0.15, 0.2) is 71.7 Å². The van der Waals surface area contributed by atoms with Gasteiger partial charge in [-0.1, -0.05) is 24.3 Å². The summed E-state index contributed by atoms with van der Waals surface area (Å²) in [7, 11) is 0. The number of aromatic nitrogens is 3. The van der Waals surface area contributed by atoms with Crippen molar-refractivity contribution in [3.63, 3.8) is 0 Å². The molecule has 36 heavy (non-hydrogen) atoms. The first-order chi connectivity index (χ1) is 17.2. The maximum Gasteiger partial charge on any atom is 0.410 e. The van der Waals surface area contributed by atoms with Crippen LogP contribution in [0.2, 0.25) is 0 Å². The van der Waals surface area contributed by atoms with Crippen molar-refractivity contribution >= 4 is 17.3 Å². The maximum absolute atomic E-state index is 13.7. The van der Waals surface area contributed by atoms with E-state index >= 15 is 0 Å². The van der Waals surface area contributed by atoms with Gasteiger partial charge in [0, 0.05) is 19.3 Å². The lowest BCUT2D eigenvalue weighted by Gasteiger charge is -2.24. The van der Waals surface area contributed by atoms with E-state index in [9.17, 15) is 9.59 Å². The number of carbonyl (C=O) groups is 1. The minimum absolute atomic E-state index is 0.189. The fourth-order valence-electron chi connectivity index (χ4n) is 4.61. The van der Waals surface area contributed by atoms with Crippen molar-refractivity contribution in [3.05, 3.63) is 82.9 Å². The smallest absolute Gasteiger partial charge is 0.410 e. The second-order valence-electron chi connectivity index (χ2n) is 9.94. The predicted molar refractivity (Wildman–Crippen MR) is 137 cm³/mol. The molecular formula is C28H27N5O3. The number of nitrogens with zero attached hydrogens (tertiary/aromatic N) is 5. The average Bonchev–Trinajstić information content (AvgIpc) is 3.45. The molecule has 1 saturated heterocycles. The van der Waals surface area contributed by atoms with E-state index in [0.717, 1.165) is 16.8 Å². The number of fused-ring (bicyclic) bond motifs is 1. The van der Waals surface area contributed by atoms with Gasteiger partial charge >= 0.3 is 11.8 Å². The largest absolute Gasteiger partial charge is 0.444 e. The van der Waals surface area contributed by atoms with Crippen LogP contribution in [-0.4, -0.2) is 43.8 Å². The summed E-state index contributed by atoms with van der Waals surface area (Å²) in [6.07, 6.45) is 1.96. The van der Waals surface area contributed by atoms with Crippen molar-refractivity contribution in [2.75, 3.05) is 13.1 Å². The Morgan fingerprint density at radius 1 is 1.06 bits per heavy atom. The molecule has 1 amide bonds. The highest BCUT2D eigenvalue weighted by atomic mass is 16.6. The lowest BCUT2D eigenvalue weighted by atomic mass is 10.0. The standard InChI is InChI=1S/C28H27N5O3/c1-28(2,3)36-27(35)31-16-14-23(18-31)33-25-24(5-4-15-30-25)32(26(33)34)22-12-10-21(11-13-22)20-8-6-19(17-29)7-9-20/h4-13,15,23H,14,16,18H2,1-3H3/t23-/m0/s1.